The Morgan fingerprint density at radius 3 is 2.85 bits per heavy atom. The number of aromatic nitrogens is 1. The molecule has 0 saturated carbocycles. The summed E-state index contributed by atoms with van der Waals surface area (Å²) >= 11 is 0. The number of nitrogens with one attached hydrogen (secondary N) is 1. The first kappa shape index (κ1) is 14.0. The molecule has 5 nitrogen and oxygen atoms in total. The zero-order chi connectivity index (χ0) is 14.7. The van der Waals surface area contributed by atoms with Crippen LogP contribution in [-0.4, -0.2) is 29.6 Å². The van der Waals surface area contributed by atoms with Crippen LogP contribution in [0.5, 0.6) is 0 Å². The molecule has 0 spiro atoms. The fraction of sp³-hybridized carbons (Fsp3) is 0.286. The average molecular weight is 278 g/mol. The molecular weight excluding hydrogens is 263 g/mol. The summed E-state index contributed by atoms with van der Waals surface area (Å²) in [6, 6.07) is 5.46. The highest BCUT2D eigenvalue weighted by Crippen LogP contribution is 2.16. The van der Waals surface area contributed by atoms with Gasteiger partial charge in [-0.1, -0.05) is 0 Å². The van der Waals surface area contributed by atoms with Gasteiger partial charge >= 0.3 is 5.97 Å². The Hall–Kier alpha value is -2.37. The van der Waals surface area contributed by atoms with Crippen LogP contribution in [0, 0.1) is 5.82 Å². The minimum atomic E-state index is -0.717. The number of ether oxygens (including phenoxy) is 1. The molecule has 1 N–H and O–H groups in total. The Morgan fingerprint density at radius 2 is 2.15 bits per heavy atom. The van der Waals surface area contributed by atoms with Gasteiger partial charge in [-0.2, -0.15) is 0 Å². The van der Waals surface area contributed by atoms with Crippen LogP contribution in [0.3, 0.4) is 0 Å². The highest BCUT2D eigenvalue weighted by atomic mass is 19.1. The maximum Gasteiger partial charge on any atom is 0.328 e. The number of amides is 1. The summed E-state index contributed by atoms with van der Waals surface area (Å²) in [5, 5.41) is 3.37. The Labute approximate surface area is 115 Å². The van der Waals surface area contributed by atoms with Gasteiger partial charge in [0.15, 0.2) is 0 Å². The summed E-state index contributed by atoms with van der Waals surface area (Å²) in [4.78, 5) is 23.0. The van der Waals surface area contributed by atoms with Gasteiger partial charge in [-0.15, -0.1) is 0 Å². The van der Waals surface area contributed by atoms with Crippen molar-refractivity contribution in [2.45, 2.75) is 19.5 Å². The van der Waals surface area contributed by atoms with Crippen LogP contribution in [0.25, 0.3) is 10.9 Å². The van der Waals surface area contributed by atoms with Crippen LogP contribution in [0.1, 0.15) is 6.92 Å². The number of methoxy groups -OCH3 is 1. The number of halogens is 1. The number of carbonyl (C=O) groups is 2. The molecule has 1 amide bonds. The van der Waals surface area contributed by atoms with Gasteiger partial charge in [-0.25, -0.2) is 9.18 Å². The summed E-state index contributed by atoms with van der Waals surface area (Å²) in [6.07, 6.45) is 1.70. The van der Waals surface area contributed by atoms with Crippen molar-refractivity contribution in [3.63, 3.8) is 0 Å². The standard InChI is InChI=1S/C14H15FN2O3/c1-9(14(19)20-2)16-13(18)8-17-6-5-10-3-4-11(15)7-12(10)17/h3-7,9H,8H2,1-2H3,(H,16,18). The van der Waals surface area contributed by atoms with Crippen molar-refractivity contribution < 1.29 is 18.7 Å². The number of benzene rings is 1. The molecule has 0 radical (unpaired) electrons. The molecule has 2 aromatic rings. The van der Waals surface area contributed by atoms with E-state index in [9.17, 15) is 14.0 Å². The quantitative estimate of drug-likeness (QED) is 0.861. The Morgan fingerprint density at radius 1 is 1.40 bits per heavy atom. The van der Waals surface area contributed by atoms with E-state index in [0.29, 0.717) is 5.52 Å². The molecule has 6 heteroatoms. The monoisotopic (exact) mass is 278 g/mol. The Bertz CT molecular complexity index is 651. The van der Waals surface area contributed by atoms with Gasteiger partial charge in [0.05, 0.1) is 12.6 Å². The average Bonchev–Trinajstić information content (AvgIpc) is 2.80. The normalized spacial score (nSPS) is 12.2. The van der Waals surface area contributed by atoms with Crippen molar-refractivity contribution in [3.05, 3.63) is 36.3 Å². The third-order valence-electron chi connectivity index (χ3n) is 2.98. The molecule has 20 heavy (non-hydrogen) atoms. The predicted molar refractivity (Wildman–Crippen MR) is 71.5 cm³/mol. The fourth-order valence-corrected chi connectivity index (χ4v) is 1.97. The molecule has 1 aromatic heterocycles. The molecule has 0 bridgehead atoms. The van der Waals surface area contributed by atoms with Crippen molar-refractivity contribution in [2.75, 3.05) is 7.11 Å². The van der Waals surface area contributed by atoms with E-state index in [1.807, 2.05) is 0 Å². The van der Waals surface area contributed by atoms with Crippen LogP contribution < -0.4 is 5.32 Å². The van der Waals surface area contributed by atoms with E-state index in [1.54, 1.807) is 22.9 Å². The zero-order valence-corrected chi connectivity index (χ0v) is 11.2. The highest BCUT2D eigenvalue weighted by Gasteiger charge is 2.16. The third-order valence-corrected chi connectivity index (χ3v) is 2.98. The molecule has 1 unspecified atom stereocenters. The maximum atomic E-state index is 13.2. The minimum Gasteiger partial charge on any atom is -0.467 e. The van der Waals surface area contributed by atoms with E-state index in [4.69, 9.17) is 0 Å². The largest absolute Gasteiger partial charge is 0.467 e. The van der Waals surface area contributed by atoms with Crippen molar-refractivity contribution >= 4 is 22.8 Å². The fourth-order valence-electron chi connectivity index (χ4n) is 1.97. The molecule has 1 heterocycles. The topological polar surface area (TPSA) is 60.3 Å². The number of carbonyl (C=O) groups excluding carboxylic acids is 2. The van der Waals surface area contributed by atoms with Gasteiger partial charge in [0.25, 0.3) is 0 Å². The summed E-state index contributed by atoms with van der Waals surface area (Å²) in [7, 11) is 1.26. The molecule has 0 fully saturated rings. The first-order valence-corrected chi connectivity index (χ1v) is 6.13. The van der Waals surface area contributed by atoms with E-state index < -0.39 is 12.0 Å². The number of rotatable bonds is 4. The molecule has 0 aliphatic heterocycles. The Kier molecular flexibility index (Phi) is 4.02. The van der Waals surface area contributed by atoms with Crippen LogP contribution in [0.2, 0.25) is 0 Å². The third kappa shape index (κ3) is 2.96. The van der Waals surface area contributed by atoms with E-state index in [-0.39, 0.29) is 18.3 Å². The summed E-state index contributed by atoms with van der Waals surface area (Å²) in [6.45, 7) is 1.55. The van der Waals surface area contributed by atoms with E-state index >= 15 is 0 Å². The van der Waals surface area contributed by atoms with Crippen LogP contribution >= 0.6 is 0 Å². The number of hydrogen-bond donors (Lipinski definition) is 1. The van der Waals surface area contributed by atoms with Gasteiger partial charge < -0.3 is 14.6 Å². The van der Waals surface area contributed by atoms with E-state index in [0.717, 1.165) is 5.39 Å². The van der Waals surface area contributed by atoms with Gasteiger partial charge in [-0.05, 0) is 36.6 Å². The lowest BCUT2D eigenvalue weighted by Gasteiger charge is -2.12. The predicted octanol–water partition coefficient (Wildman–Crippen LogP) is 1.46. The minimum absolute atomic E-state index is 0.00822. The number of fused-ring (bicyclic) bond motifs is 1. The van der Waals surface area contributed by atoms with Gasteiger partial charge in [0, 0.05) is 6.20 Å². The summed E-state index contributed by atoms with van der Waals surface area (Å²) < 4.78 is 19.4. The second-order valence-electron chi connectivity index (χ2n) is 4.46. The SMILES string of the molecule is COC(=O)C(C)NC(=O)Cn1ccc2ccc(F)cc21. The molecule has 1 aromatic carbocycles. The lowest BCUT2D eigenvalue weighted by Crippen LogP contribution is -2.40. The van der Waals surface area contributed by atoms with Gasteiger partial charge in [0.1, 0.15) is 18.4 Å². The molecule has 0 saturated heterocycles. The van der Waals surface area contributed by atoms with Crippen LogP contribution in [-0.2, 0) is 20.9 Å². The lowest BCUT2D eigenvalue weighted by atomic mass is 10.2. The molecule has 2 rings (SSSR count). The molecular formula is C14H15FN2O3. The highest BCUT2D eigenvalue weighted by molar-refractivity contribution is 5.86. The van der Waals surface area contributed by atoms with Crippen LogP contribution in [0.4, 0.5) is 4.39 Å². The van der Waals surface area contributed by atoms with Gasteiger partial charge in [-0.3, -0.25) is 4.79 Å². The lowest BCUT2D eigenvalue weighted by molar-refractivity contribution is -0.144. The second kappa shape index (κ2) is 5.73. The maximum absolute atomic E-state index is 13.2. The summed E-state index contributed by atoms with van der Waals surface area (Å²) in [5.74, 6) is -1.22. The first-order chi connectivity index (χ1) is 9.51. The Balaban J connectivity index is 2.10. The smallest absolute Gasteiger partial charge is 0.328 e. The molecule has 106 valence electrons. The number of hydrogen-bond acceptors (Lipinski definition) is 3. The number of esters is 1. The van der Waals surface area contributed by atoms with Crippen molar-refractivity contribution in [1.29, 1.82) is 0 Å². The van der Waals surface area contributed by atoms with Crippen molar-refractivity contribution in [3.8, 4) is 0 Å². The summed E-state index contributed by atoms with van der Waals surface area (Å²) in [5.41, 5.74) is 0.630. The van der Waals surface area contributed by atoms with Crippen LogP contribution in [0.15, 0.2) is 30.5 Å². The first-order valence-electron chi connectivity index (χ1n) is 6.13. The van der Waals surface area contributed by atoms with E-state index in [2.05, 4.69) is 10.1 Å². The molecule has 0 aliphatic rings. The van der Waals surface area contributed by atoms with Gasteiger partial charge in [0.2, 0.25) is 5.91 Å². The second-order valence-corrected chi connectivity index (χ2v) is 4.46. The van der Waals surface area contributed by atoms with E-state index in [1.165, 1.54) is 26.2 Å². The molecule has 0 aliphatic carbocycles. The van der Waals surface area contributed by atoms with Crippen molar-refractivity contribution in [2.24, 2.45) is 0 Å². The zero-order valence-electron chi connectivity index (χ0n) is 11.2. The number of nitrogens with zero attached hydrogens (tertiary/aromatic N) is 1. The van der Waals surface area contributed by atoms with Crippen molar-refractivity contribution in [1.82, 2.24) is 9.88 Å². The molecule has 1 atom stereocenters.